The molecule has 5 amide bonds. The second-order valence-corrected chi connectivity index (χ2v) is 20.5. The highest BCUT2D eigenvalue weighted by Crippen LogP contribution is 2.27. The van der Waals surface area contributed by atoms with Crippen molar-refractivity contribution in [1.29, 1.82) is 5.26 Å². The van der Waals surface area contributed by atoms with Gasteiger partial charge in [0.25, 0.3) is 11.8 Å². The summed E-state index contributed by atoms with van der Waals surface area (Å²) in [4.78, 5) is 69.1. The first-order chi connectivity index (χ1) is 31.8. The van der Waals surface area contributed by atoms with Crippen LogP contribution in [0.3, 0.4) is 0 Å². The Labute approximate surface area is 402 Å². The summed E-state index contributed by atoms with van der Waals surface area (Å²) < 4.78 is 51.1. The van der Waals surface area contributed by atoms with E-state index in [1.54, 1.807) is 29.0 Å². The number of nitrogens with zero attached hydrogens (tertiary/aromatic N) is 5. The summed E-state index contributed by atoms with van der Waals surface area (Å²) in [5.74, 6) is -2.24. The van der Waals surface area contributed by atoms with Gasteiger partial charge >= 0.3 is 0 Å². The van der Waals surface area contributed by atoms with E-state index in [9.17, 15) is 40.8 Å². The van der Waals surface area contributed by atoms with Crippen LogP contribution in [0.5, 0.6) is 0 Å². The first kappa shape index (κ1) is 53.4. The van der Waals surface area contributed by atoms with Crippen LogP contribution < -0.4 is 26.6 Å². The summed E-state index contributed by atoms with van der Waals surface area (Å²) in [6, 6.07) is 27.7. The number of rotatable bonds is 16. The Hall–Kier alpha value is -7.20. The van der Waals surface area contributed by atoms with Gasteiger partial charge in [-0.2, -0.15) is 5.26 Å². The molecule has 0 bridgehead atoms. The van der Waals surface area contributed by atoms with Gasteiger partial charge in [-0.3, -0.25) is 24.0 Å². The molecule has 0 radical (unpaired) electrons. The topological polar surface area (TPSA) is 270 Å². The Bertz CT molecular complexity index is 3070. The van der Waals surface area contributed by atoms with Gasteiger partial charge in [-0.1, -0.05) is 49.9 Å². The molecule has 0 atom stereocenters. The van der Waals surface area contributed by atoms with Gasteiger partial charge in [-0.15, -0.1) is 22.7 Å². The molecule has 0 aliphatic heterocycles. The Morgan fingerprint density at radius 3 is 1.50 bits per heavy atom. The lowest BCUT2D eigenvalue weighted by Gasteiger charge is -2.12. The fourth-order valence-corrected chi connectivity index (χ4v) is 8.98. The molecule has 0 saturated carbocycles. The Morgan fingerprint density at radius 1 is 0.618 bits per heavy atom. The molecular weight excluding hydrogens is 953 g/mol. The number of nitriles is 1. The van der Waals surface area contributed by atoms with E-state index in [2.05, 4.69) is 42.6 Å². The lowest BCUT2D eigenvalue weighted by atomic mass is 10.1. The van der Waals surface area contributed by atoms with Crippen molar-refractivity contribution < 1.29 is 40.8 Å². The maximum atomic E-state index is 12.4. The molecule has 0 aliphatic carbocycles. The average molecular weight is 1000 g/mol. The standard InChI is InChI=1S/C23H25N5O5S2.C21H19N5O4S2.CH4/c1-15(29)24-12-16-6-4-7-17(10-16)20-14-34-23(26-20)27-21(30)13-25-22(31)18-8-5-9-19(11-18)35(32,33)28(2)3;1-26(2)32(29,30)17-8-4-7-16(10-17)20(28)23-12-19(27)25-21-24-18(13-31-21)15-6-3-5-14(9-15)11-22;/h4-11,14H,12-13H2,1-3H3,(H,24,29)(H,25,31)(H,26,27,30);3-10,13H,12H2,1-2H3,(H,23,28)(H,24,25,27);1H4. The smallest absolute Gasteiger partial charge is 0.251 e. The zero-order chi connectivity index (χ0) is 48.9. The van der Waals surface area contributed by atoms with Crippen LogP contribution in [0, 0.1) is 11.3 Å². The minimum Gasteiger partial charge on any atom is -0.352 e. The third-order valence-electron chi connectivity index (χ3n) is 9.12. The fraction of sp³-hybridized carbons (Fsp3) is 0.200. The van der Waals surface area contributed by atoms with Gasteiger partial charge in [0.05, 0.1) is 45.9 Å². The van der Waals surface area contributed by atoms with Gasteiger partial charge in [0.2, 0.25) is 37.8 Å². The Kier molecular flexibility index (Phi) is 18.9. The van der Waals surface area contributed by atoms with E-state index in [1.807, 2.05) is 30.3 Å². The lowest BCUT2D eigenvalue weighted by molar-refractivity contribution is -0.119. The van der Waals surface area contributed by atoms with Crippen molar-refractivity contribution in [1.82, 2.24) is 34.5 Å². The van der Waals surface area contributed by atoms with Crippen molar-refractivity contribution in [2.45, 2.75) is 30.7 Å². The first-order valence-electron chi connectivity index (χ1n) is 19.7. The van der Waals surface area contributed by atoms with Gasteiger partial charge in [0.1, 0.15) is 0 Å². The summed E-state index contributed by atoms with van der Waals surface area (Å²) in [6.45, 7) is 1.22. The average Bonchev–Trinajstić information content (AvgIpc) is 3.99. The third kappa shape index (κ3) is 14.6. The van der Waals surface area contributed by atoms with Crippen LogP contribution in [0.2, 0.25) is 0 Å². The number of sulfonamides is 2. The maximum absolute atomic E-state index is 12.4. The number of carbonyl (C=O) groups is 5. The van der Waals surface area contributed by atoms with Crippen LogP contribution >= 0.6 is 22.7 Å². The van der Waals surface area contributed by atoms with Crippen LogP contribution in [0.1, 0.15) is 46.2 Å². The van der Waals surface area contributed by atoms with E-state index in [-0.39, 0.29) is 47.3 Å². The normalized spacial score (nSPS) is 11.0. The van der Waals surface area contributed by atoms with Crippen LogP contribution in [0.25, 0.3) is 22.5 Å². The highest BCUT2D eigenvalue weighted by atomic mass is 32.2. The van der Waals surface area contributed by atoms with Gasteiger partial charge < -0.3 is 26.6 Å². The summed E-state index contributed by atoms with van der Waals surface area (Å²) in [6.07, 6.45) is 0. The fourth-order valence-electron chi connectivity index (χ4n) is 5.61. The molecule has 19 nitrogen and oxygen atoms in total. The first-order valence-corrected chi connectivity index (χ1v) is 24.4. The molecule has 5 N–H and O–H groups in total. The van der Waals surface area contributed by atoms with E-state index in [1.165, 1.54) is 106 Å². The number of nitrogens with one attached hydrogen (secondary N) is 5. The number of thiazole rings is 2. The quantitative estimate of drug-likeness (QED) is 0.0858. The molecule has 0 unspecified atom stereocenters. The van der Waals surface area contributed by atoms with Crippen molar-refractivity contribution in [3.05, 3.63) is 130 Å². The monoisotopic (exact) mass is 1000 g/mol. The van der Waals surface area contributed by atoms with Crippen LogP contribution in [-0.4, -0.2) is 106 Å². The van der Waals surface area contributed by atoms with Gasteiger partial charge in [0, 0.05) is 74.7 Å². The molecule has 0 spiro atoms. The lowest BCUT2D eigenvalue weighted by Crippen LogP contribution is -2.33. The second-order valence-electron chi connectivity index (χ2n) is 14.5. The highest BCUT2D eigenvalue weighted by Gasteiger charge is 2.21. The van der Waals surface area contributed by atoms with E-state index < -0.39 is 43.7 Å². The summed E-state index contributed by atoms with van der Waals surface area (Å²) in [7, 11) is -1.76. The third-order valence-corrected chi connectivity index (χ3v) is 14.3. The molecule has 0 saturated heterocycles. The van der Waals surface area contributed by atoms with Crippen LogP contribution in [0.15, 0.2) is 118 Å². The zero-order valence-electron chi connectivity index (χ0n) is 36.6. The maximum Gasteiger partial charge on any atom is 0.251 e. The molecule has 0 aliphatic rings. The molecule has 6 aromatic rings. The summed E-state index contributed by atoms with van der Waals surface area (Å²) >= 11 is 2.45. The molecule has 0 fully saturated rings. The van der Waals surface area contributed by atoms with Crippen molar-refractivity contribution >= 4 is 82.5 Å². The largest absolute Gasteiger partial charge is 0.352 e. The molecular formula is C45H48N10O9S4. The summed E-state index contributed by atoms with van der Waals surface area (Å²) in [5, 5.41) is 26.2. The molecule has 6 rings (SSSR count). The predicted molar refractivity (Wildman–Crippen MR) is 261 cm³/mol. The van der Waals surface area contributed by atoms with Crippen LogP contribution in [-0.2, 0) is 41.0 Å². The Morgan fingerprint density at radius 2 is 1.06 bits per heavy atom. The minimum absolute atomic E-state index is 0. The highest BCUT2D eigenvalue weighted by molar-refractivity contribution is 7.89. The number of aromatic nitrogens is 2. The molecule has 2 heterocycles. The Balaban J connectivity index is 0.000000293. The van der Waals surface area contributed by atoms with E-state index in [4.69, 9.17) is 5.26 Å². The predicted octanol–water partition coefficient (Wildman–Crippen LogP) is 5.00. The second kappa shape index (κ2) is 24.0. The molecule has 68 heavy (non-hydrogen) atoms. The van der Waals surface area contributed by atoms with E-state index >= 15 is 0 Å². The van der Waals surface area contributed by atoms with E-state index in [0.29, 0.717) is 33.8 Å². The number of anilines is 2. The van der Waals surface area contributed by atoms with Crippen molar-refractivity contribution in [3.8, 4) is 28.6 Å². The number of amides is 5. The van der Waals surface area contributed by atoms with Crippen molar-refractivity contribution in [2.75, 3.05) is 51.9 Å². The molecule has 23 heteroatoms. The van der Waals surface area contributed by atoms with Gasteiger partial charge in [-0.05, 0) is 60.2 Å². The molecule has 2 aromatic heterocycles. The minimum atomic E-state index is -3.69. The number of carbonyl (C=O) groups excluding carboxylic acids is 5. The molecule has 356 valence electrons. The summed E-state index contributed by atoms with van der Waals surface area (Å²) in [5.41, 5.74) is 4.54. The number of benzene rings is 4. The van der Waals surface area contributed by atoms with Gasteiger partial charge in [-0.25, -0.2) is 35.4 Å². The van der Waals surface area contributed by atoms with E-state index in [0.717, 1.165) is 25.3 Å². The van der Waals surface area contributed by atoms with Crippen LogP contribution in [0.4, 0.5) is 10.3 Å². The van der Waals surface area contributed by atoms with Gasteiger partial charge in [0.15, 0.2) is 10.3 Å². The number of hydrogen-bond acceptors (Lipinski definition) is 14. The number of hydrogen-bond donors (Lipinski definition) is 5. The zero-order valence-corrected chi connectivity index (χ0v) is 39.8. The SMILES string of the molecule is C.CC(=O)NCc1cccc(-c2csc(NC(=O)CNC(=O)c3cccc(S(=O)(=O)N(C)C)c3)n2)c1.CN(C)S(=O)(=O)c1cccc(C(=O)NCC(=O)Nc2nc(-c3cccc(C#N)c3)cs2)c1. The molecule has 4 aromatic carbocycles. The van der Waals surface area contributed by atoms with Crippen molar-refractivity contribution in [3.63, 3.8) is 0 Å². The van der Waals surface area contributed by atoms with Crippen molar-refractivity contribution in [2.24, 2.45) is 0 Å².